The molecule has 1 aliphatic carbocycles. The van der Waals surface area contributed by atoms with Gasteiger partial charge in [-0.15, -0.1) is 0 Å². The average molecular weight is 194 g/mol. The maximum atomic E-state index is 11.4. The van der Waals surface area contributed by atoms with Crippen molar-refractivity contribution in [3.05, 3.63) is 35.3 Å². The number of aliphatic hydroxyl groups is 1. The number of nitrogens with two attached hydrogens (primary N) is 1. The van der Waals surface area contributed by atoms with E-state index in [1.165, 1.54) is 0 Å². The van der Waals surface area contributed by atoms with Crippen LogP contribution in [0.5, 0.6) is 0 Å². The van der Waals surface area contributed by atoms with E-state index in [1.54, 1.807) is 18.2 Å². The van der Waals surface area contributed by atoms with Crippen LogP contribution in [0.15, 0.2) is 35.3 Å². The van der Waals surface area contributed by atoms with Gasteiger partial charge in [0.25, 0.3) is 5.91 Å². The highest BCUT2D eigenvalue weighted by molar-refractivity contribution is 5.96. The highest BCUT2D eigenvalue weighted by atomic mass is 16.3. The van der Waals surface area contributed by atoms with Crippen LogP contribution < -0.4 is 11.1 Å². The number of carbonyl (C=O) groups excluding carboxylic acids is 1. The molecule has 0 aromatic carbocycles. The van der Waals surface area contributed by atoms with Crippen LogP contribution >= 0.6 is 0 Å². The summed E-state index contributed by atoms with van der Waals surface area (Å²) in [5.41, 5.74) is 6.37. The second kappa shape index (κ2) is 4.50. The van der Waals surface area contributed by atoms with Crippen LogP contribution in [0.2, 0.25) is 0 Å². The Morgan fingerprint density at radius 2 is 2.43 bits per heavy atom. The zero-order valence-corrected chi connectivity index (χ0v) is 8.08. The van der Waals surface area contributed by atoms with Gasteiger partial charge in [-0.3, -0.25) is 4.79 Å². The molecule has 1 aliphatic rings. The molecule has 0 radical (unpaired) electrons. The lowest BCUT2D eigenvalue weighted by Crippen LogP contribution is -2.24. The molecule has 0 saturated carbocycles. The van der Waals surface area contributed by atoms with E-state index in [0.717, 1.165) is 0 Å². The highest BCUT2D eigenvalue weighted by Crippen LogP contribution is 2.14. The highest BCUT2D eigenvalue weighted by Gasteiger charge is 2.13. The van der Waals surface area contributed by atoms with Crippen molar-refractivity contribution >= 4 is 5.91 Å². The van der Waals surface area contributed by atoms with Crippen molar-refractivity contribution in [3.8, 4) is 0 Å². The first-order valence-electron chi connectivity index (χ1n) is 4.48. The van der Waals surface area contributed by atoms with Crippen LogP contribution in [0.1, 0.15) is 13.3 Å². The van der Waals surface area contributed by atoms with Crippen molar-refractivity contribution in [1.82, 2.24) is 5.32 Å². The zero-order chi connectivity index (χ0) is 10.6. The summed E-state index contributed by atoms with van der Waals surface area (Å²) in [6, 6.07) is 0. The zero-order valence-electron chi connectivity index (χ0n) is 8.08. The summed E-state index contributed by atoms with van der Waals surface area (Å²) >= 11 is 0. The van der Waals surface area contributed by atoms with Crippen molar-refractivity contribution in [2.75, 3.05) is 6.54 Å². The minimum absolute atomic E-state index is 0.0125. The molecule has 4 heteroatoms. The molecule has 0 heterocycles. The number of nitrogens with one attached hydrogen (secondary N) is 1. The molecule has 76 valence electrons. The summed E-state index contributed by atoms with van der Waals surface area (Å²) in [6.45, 7) is 2.36. The van der Waals surface area contributed by atoms with E-state index in [0.29, 0.717) is 12.2 Å². The van der Waals surface area contributed by atoms with Gasteiger partial charge >= 0.3 is 0 Å². The molecule has 0 aromatic rings. The van der Waals surface area contributed by atoms with Crippen LogP contribution in [-0.2, 0) is 4.79 Å². The molecule has 0 aromatic heterocycles. The van der Waals surface area contributed by atoms with Gasteiger partial charge < -0.3 is 16.2 Å². The topological polar surface area (TPSA) is 75.3 Å². The minimum Gasteiger partial charge on any atom is -0.511 e. The Hall–Kier alpha value is -1.71. The summed E-state index contributed by atoms with van der Waals surface area (Å²) in [7, 11) is 0. The molecule has 1 amide bonds. The lowest BCUT2D eigenvalue weighted by Gasteiger charge is -2.05. The number of rotatable bonds is 2. The van der Waals surface area contributed by atoms with E-state index in [1.807, 2.05) is 6.92 Å². The van der Waals surface area contributed by atoms with Gasteiger partial charge in [0, 0.05) is 18.7 Å². The first-order valence-corrected chi connectivity index (χ1v) is 4.48. The molecule has 0 aliphatic heterocycles. The summed E-state index contributed by atoms with van der Waals surface area (Å²) in [4.78, 5) is 11.4. The summed E-state index contributed by atoms with van der Waals surface area (Å²) < 4.78 is 0. The third kappa shape index (κ3) is 2.39. The van der Waals surface area contributed by atoms with Gasteiger partial charge in [-0.05, 0) is 19.1 Å². The first-order chi connectivity index (χ1) is 6.65. The second-order valence-electron chi connectivity index (χ2n) is 3.00. The molecule has 14 heavy (non-hydrogen) atoms. The maximum Gasteiger partial charge on any atom is 0.254 e. The average Bonchev–Trinajstić information content (AvgIpc) is 2.27. The Labute approximate surface area is 82.8 Å². The summed E-state index contributed by atoms with van der Waals surface area (Å²) in [5, 5.41) is 12.2. The van der Waals surface area contributed by atoms with E-state index < -0.39 is 0 Å². The summed E-state index contributed by atoms with van der Waals surface area (Å²) in [5.74, 6) is -0.261. The number of carbonyl (C=O) groups is 1. The van der Waals surface area contributed by atoms with Crippen molar-refractivity contribution in [2.45, 2.75) is 13.3 Å². The molecule has 4 N–H and O–H groups in total. The van der Waals surface area contributed by atoms with Crippen LogP contribution in [0.4, 0.5) is 0 Å². The third-order valence-corrected chi connectivity index (χ3v) is 1.84. The third-order valence-electron chi connectivity index (χ3n) is 1.84. The minimum atomic E-state index is -0.274. The number of hydrogen-bond acceptors (Lipinski definition) is 3. The normalized spacial score (nSPS) is 16.2. The monoisotopic (exact) mass is 194 g/mol. The smallest absolute Gasteiger partial charge is 0.254 e. The lowest BCUT2D eigenvalue weighted by molar-refractivity contribution is -0.117. The Kier molecular flexibility index (Phi) is 3.34. The molecule has 4 nitrogen and oxygen atoms in total. The standard InChI is InChI=1S/C10H14N2O2/c1-2-12-10(14)8-5-3-4-7(11)6-9(8)13/h3-5,13H,2,6,11H2,1H3,(H,12,14). The molecule has 0 bridgehead atoms. The van der Waals surface area contributed by atoms with Crippen molar-refractivity contribution < 1.29 is 9.90 Å². The Morgan fingerprint density at radius 3 is 3.07 bits per heavy atom. The number of likely N-dealkylation sites (N-methyl/N-ethyl adjacent to an activating group) is 1. The Morgan fingerprint density at radius 1 is 1.71 bits per heavy atom. The predicted octanol–water partition coefficient (Wildman–Crippen LogP) is 0.737. The van der Waals surface area contributed by atoms with E-state index >= 15 is 0 Å². The molecule has 0 unspecified atom stereocenters. The molecular weight excluding hydrogens is 180 g/mol. The fourth-order valence-corrected chi connectivity index (χ4v) is 1.17. The van der Waals surface area contributed by atoms with E-state index in [9.17, 15) is 9.90 Å². The van der Waals surface area contributed by atoms with Crippen molar-refractivity contribution in [2.24, 2.45) is 5.73 Å². The second-order valence-corrected chi connectivity index (χ2v) is 3.00. The van der Waals surface area contributed by atoms with Gasteiger partial charge in [-0.2, -0.15) is 0 Å². The van der Waals surface area contributed by atoms with E-state index in [4.69, 9.17) is 5.73 Å². The van der Waals surface area contributed by atoms with Crippen LogP contribution in [0.3, 0.4) is 0 Å². The van der Waals surface area contributed by atoms with Gasteiger partial charge in [-0.25, -0.2) is 0 Å². The quantitative estimate of drug-likeness (QED) is 0.606. The van der Waals surface area contributed by atoms with E-state index in [2.05, 4.69) is 5.32 Å². The first kappa shape index (κ1) is 10.4. The number of aliphatic hydroxyl groups excluding tert-OH is 1. The molecule has 0 atom stereocenters. The van der Waals surface area contributed by atoms with Crippen LogP contribution in [0, 0.1) is 0 Å². The molecule has 0 spiro atoms. The summed E-state index contributed by atoms with van der Waals surface area (Å²) in [6.07, 6.45) is 5.10. The largest absolute Gasteiger partial charge is 0.511 e. The van der Waals surface area contributed by atoms with Crippen molar-refractivity contribution in [1.29, 1.82) is 0 Å². The predicted molar refractivity (Wildman–Crippen MR) is 54.4 cm³/mol. The SMILES string of the molecule is CCNC(=O)C1=C(O)CC(N)=CC=C1. The fraction of sp³-hybridized carbons (Fsp3) is 0.300. The Balaban J connectivity index is 2.88. The fourth-order valence-electron chi connectivity index (χ4n) is 1.17. The van der Waals surface area contributed by atoms with Gasteiger partial charge in [0.05, 0.1) is 5.57 Å². The van der Waals surface area contributed by atoms with Gasteiger partial charge in [0.2, 0.25) is 0 Å². The molecular formula is C10H14N2O2. The van der Waals surface area contributed by atoms with E-state index in [-0.39, 0.29) is 23.7 Å². The number of hydrogen-bond donors (Lipinski definition) is 3. The number of amides is 1. The van der Waals surface area contributed by atoms with Crippen molar-refractivity contribution in [3.63, 3.8) is 0 Å². The van der Waals surface area contributed by atoms with Gasteiger partial charge in [-0.1, -0.05) is 6.08 Å². The van der Waals surface area contributed by atoms with Gasteiger partial charge in [0.15, 0.2) is 0 Å². The molecule has 0 fully saturated rings. The maximum absolute atomic E-state index is 11.4. The molecule has 1 rings (SSSR count). The number of allylic oxidation sites excluding steroid dienone is 2. The van der Waals surface area contributed by atoms with Crippen LogP contribution in [0.25, 0.3) is 0 Å². The van der Waals surface area contributed by atoms with Crippen LogP contribution in [-0.4, -0.2) is 17.6 Å². The Bertz CT molecular complexity index is 327. The van der Waals surface area contributed by atoms with Gasteiger partial charge in [0.1, 0.15) is 5.76 Å². The molecule has 0 saturated heterocycles. The lowest BCUT2D eigenvalue weighted by atomic mass is 10.1.